The van der Waals surface area contributed by atoms with Gasteiger partial charge in [-0.25, -0.2) is 13.4 Å². The van der Waals surface area contributed by atoms with E-state index in [1.54, 1.807) is 0 Å². The van der Waals surface area contributed by atoms with Crippen LogP contribution >= 0.6 is 0 Å². The van der Waals surface area contributed by atoms with Crippen LogP contribution in [0.2, 0.25) is 0 Å². The van der Waals surface area contributed by atoms with E-state index in [4.69, 9.17) is 4.74 Å². The van der Waals surface area contributed by atoms with Crippen LogP contribution in [0.4, 0.5) is 5.82 Å². The molecule has 0 unspecified atom stereocenters. The maximum absolute atomic E-state index is 11.8. The minimum Gasteiger partial charge on any atom is -0.486 e. The molecule has 1 fully saturated rings. The number of nitrogens with one attached hydrogen (secondary N) is 1. The number of rotatable bonds is 6. The zero-order valence-corrected chi connectivity index (χ0v) is 21.7. The summed E-state index contributed by atoms with van der Waals surface area (Å²) in [6.07, 6.45) is 6.67. The molecule has 36 heavy (non-hydrogen) atoms. The number of hydrogen-bond acceptors (Lipinski definition) is 7. The molecule has 0 amide bonds. The molecule has 10 heteroatoms. The fraction of sp³-hybridized carbons (Fsp3) is 0.346. The molecule has 0 aliphatic carbocycles. The Bertz CT molecular complexity index is 1470. The van der Waals surface area contributed by atoms with Crippen LogP contribution in [-0.2, 0) is 10.0 Å². The van der Waals surface area contributed by atoms with Crippen molar-refractivity contribution >= 4 is 26.7 Å². The average Bonchev–Trinajstić information content (AvgIpc) is 3.27. The molecule has 5 rings (SSSR count). The first-order chi connectivity index (χ1) is 17.2. The quantitative estimate of drug-likeness (QED) is 0.423. The third kappa shape index (κ3) is 4.78. The van der Waals surface area contributed by atoms with E-state index in [1.807, 2.05) is 55.8 Å². The highest BCUT2D eigenvalue weighted by Crippen LogP contribution is 2.32. The highest BCUT2D eigenvalue weighted by Gasteiger charge is 2.24. The molecule has 0 spiro atoms. The van der Waals surface area contributed by atoms with Crippen LogP contribution in [0.25, 0.3) is 22.2 Å². The Morgan fingerprint density at radius 2 is 1.72 bits per heavy atom. The summed E-state index contributed by atoms with van der Waals surface area (Å²) in [7, 11) is -3.16. The number of fused-ring (bicyclic) bond motifs is 1. The number of sulfonamides is 1. The predicted octanol–water partition coefficient (Wildman–Crippen LogP) is 3.86. The van der Waals surface area contributed by atoms with Gasteiger partial charge in [-0.15, -0.1) is 0 Å². The van der Waals surface area contributed by atoms with Gasteiger partial charge in [-0.1, -0.05) is 0 Å². The van der Waals surface area contributed by atoms with Crippen molar-refractivity contribution in [2.45, 2.75) is 26.9 Å². The van der Waals surface area contributed by atoms with Crippen LogP contribution in [0.3, 0.4) is 0 Å². The first kappa shape index (κ1) is 24.2. The van der Waals surface area contributed by atoms with Crippen molar-refractivity contribution in [3.8, 4) is 17.0 Å². The Labute approximate surface area is 211 Å². The second kappa shape index (κ2) is 9.51. The lowest BCUT2D eigenvalue weighted by Crippen LogP contribution is -2.48. The van der Waals surface area contributed by atoms with Gasteiger partial charge < -0.3 is 9.64 Å². The van der Waals surface area contributed by atoms with E-state index < -0.39 is 10.0 Å². The Kier molecular flexibility index (Phi) is 6.40. The highest BCUT2D eigenvalue weighted by molar-refractivity contribution is 7.88. The van der Waals surface area contributed by atoms with E-state index in [9.17, 15) is 8.42 Å². The van der Waals surface area contributed by atoms with Crippen molar-refractivity contribution in [1.29, 1.82) is 0 Å². The largest absolute Gasteiger partial charge is 0.486 e. The summed E-state index contributed by atoms with van der Waals surface area (Å²) >= 11 is 0. The molecule has 3 aromatic heterocycles. The number of aryl methyl sites for hydroxylation is 2. The lowest BCUT2D eigenvalue weighted by Gasteiger charge is -2.33. The molecule has 0 radical (unpaired) electrons. The van der Waals surface area contributed by atoms with Gasteiger partial charge in [0.25, 0.3) is 0 Å². The standard InChI is InChI=1S/C26H30N6O3S/c1-17-14-27-15-18(2)25(17)19(3)35-21-6-7-23-22(13-21)26(30-29-23)20-5-8-24(28-16-20)31-9-11-32(12-10-31)36(4,33)34/h5-8,13-16,19H,9-12H2,1-4H3,(H,29,30)/t19-/m0/s1. The van der Waals surface area contributed by atoms with Gasteiger partial charge in [0, 0.05) is 61.3 Å². The average molecular weight is 507 g/mol. The molecule has 1 aliphatic rings. The molecule has 4 heterocycles. The van der Waals surface area contributed by atoms with Crippen molar-refractivity contribution in [2.75, 3.05) is 37.3 Å². The number of aromatic nitrogens is 4. The van der Waals surface area contributed by atoms with Crippen molar-refractivity contribution in [1.82, 2.24) is 24.5 Å². The zero-order valence-electron chi connectivity index (χ0n) is 20.9. The van der Waals surface area contributed by atoms with Crippen molar-refractivity contribution in [3.63, 3.8) is 0 Å². The summed E-state index contributed by atoms with van der Waals surface area (Å²) in [4.78, 5) is 11.0. The van der Waals surface area contributed by atoms with Gasteiger partial charge in [0.15, 0.2) is 0 Å². The second-order valence-corrected chi connectivity index (χ2v) is 11.3. The van der Waals surface area contributed by atoms with Crippen LogP contribution in [0.5, 0.6) is 5.75 Å². The molecule has 1 aliphatic heterocycles. The van der Waals surface area contributed by atoms with Gasteiger partial charge in [0.2, 0.25) is 10.0 Å². The van der Waals surface area contributed by atoms with Gasteiger partial charge in [-0.2, -0.15) is 9.40 Å². The Balaban J connectivity index is 1.35. The lowest BCUT2D eigenvalue weighted by atomic mass is 10.0. The summed E-state index contributed by atoms with van der Waals surface area (Å²) in [5, 5.41) is 8.59. The van der Waals surface area contributed by atoms with Crippen molar-refractivity contribution < 1.29 is 13.2 Å². The van der Waals surface area contributed by atoms with E-state index in [-0.39, 0.29) is 6.10 Å². The lowest BCUT2D eigenvalue weighted by molar-refractivity contribution is 0.225. The van der Waals surface area contributed by atoms with E-state index in [0.717, 1.165) is 50.4 Å². The molecular weight excluding hydrogens is 476 g/mol. The first-order valence-corrected chi connectivity index (χ1v) is 13.8. The highest BCUT2D eigenvalue weighted by atomic mass is 32.2. The topological polar surface area (TPSA) is 104 Å². The summed E-state index contributed by atoms with van der Waals surface area (Å²) < 4.78 is 31.4. The Morgan fingerprint density at radius 3 is 2.36 bits per heavy atom. The fourth-order valence-corrected chi connectivity index (χ4v) is 5.69. The number of piperazine rings is 1. The van der Waals surface area contributed by atoms with Crippen LogP contribution in [0.1, 0.15) is 29.7 Å². The number of H-pyrrole nitrogens is 1. The Hall–Kier alpha value is -3.50. The molecule has 1 atom stereocenters. The minimum absolute atomic E-state index is 0.120. The summed E-state index contributed by atoms with van der Waals surface area (Å²) in [5.74, 6) is 1.59. The van der Waals surface area contributed by atoms with Gasteiger partial charge in [-0.3, -0.25) is 10.1 Å². The monoisotopic (exact) mass is 506 g/mol. The van der Waals surface area contributed by atoms with E-state index in [1.165, 1.54) is 10.6 Å². The van der Waals surface area contributed by atoms with Gasteiger partial charge in [-0.05, 0) is 62.2 Å². The summed E-state index contributed by atoms with van der Waals surface area (Å²) in [5.41, 5.74) is 5.98. The smallest absolute Gasteiger partial charge is 0.211 e. The zero-order chi connectivity index (χ0) is 25.4. The molecule has 0 saturated carbocycles. The third-order valence-corrected chi connectivity index (χ3v) is 8.00. The van der Waals surface area contributed by atoms with Crippen molar-refractivity contribution in [2.24, 2.45) is 0 Å². The molecule has 4 aromatic rings. The van der Waals surface area contributed by atoms with Gasteiger partial charge in [0.05, 0.1) is 11.8 Å². The molecule has 0 bridgehead atoms. The molecular formula is C26H30N6O3S. The van der Waals surface area contributed by atoms with Crippen LogP contribution in [0.15, 0.2) is 48.9 Å². The van der Waals surface area contributed by atoms with Gasteiger partial charge in [0.1, 0.15) is 23.4 Å². The third-order valence-electron chi connectivity index (χ3n) is 6.69. The molecule has 1 saturated heterocycles. The molecule has 9 nitrogen and oxygen atoms in total. The number of anilines is 1. The number of aromatic amines is 1. The maximum atomic E-state index is 11.8. The number of hydrogen-bond donors (Lipinski definition) is 1. The van der Waals surface area contributed by atoms with Crippen LogP contribution in [-0.4, -0.2) is 65.3 Å². The summed E-state index contributed by atoms with van der Waals surface area (Å²) in [6.45, 7) is 8.30. The van der Waals surface area contributed by atoms with Crippen LogP contribution in [0, 0.1) is 13.8 Å². The van der Waals surface area contributed by atoms with Gasteiger partial charge >= 0.3 is 0 Å². The SMILES string of the molecule is Cc1cncc(C)c1[C@H](C)Oc1ccc2[nH]nc(-c3ccc(N4CCN(S(C)(=O)=O)CC4)nc3)c2c1. The number of ether oxygens (including phenoxy) is 1. The van der Waals surface area contributed by atoms with E-state index in [2.05, 4.69) is 38.9 Å². The molecule has 1 aromatic carbocycles. The fourth-order valence-electron chi connectivity index (χ4n) is 4.86. The maximum Gasteiger partial charge on any atom is 0.211 e. The first-order valence-electron chi connectivity index (χ1n) is 11.9. The van der Waals surface area contributed by atoms with E-state index in [0.29, 0.717) is 26.2 Å². The Morgan fingerprint density at radius 1 is 1.00 bits per heavy atom. The number of pyridine rings is 2. The van der Waals surface area contributed by atoms with E-state index >= 15 is 0 Å². The van der Waals surface area contributed by atoms with Crippen LogP contribution < -0.4 is 9.64 Å². The normalized spacial score (nSPS) is 15.8. The predicted molar refractivity (Wildman–Crippen MR) is 141 cm³/mol. The minimum atomic E-state index is -3.16. The summed E-state index contributed by atoms with van der Waals surface area (Å²) in [6, 6.07) is 9.90. The number of nitrogens with zero attached hydrogens (tertiary/aromatic N) is 5. The molecule has 1 N–H and O–H groups in total. The second-order valence-electron chi connectivity index (χ2n) is 9.28. The van der Waals surface area contributed by atoms with Crippen molar-refractivity contribution in [3.05, 3.63) is 65.6 Å². The number of benzene rings is 1. The molecule has 188 valence electrons.